The lowest BCUT2D eigenvalue weighted by Gasteiger charge is -2.14. The maximum atomic E-state index is 12.8. The molecule has 0 atom stereocenters. The van der Waals surface area contributed by atoms with Crippen LogP contribution in [-0.2, 0) is 19.5 Å². The van der Waals surface area contributed by atoms with E-state index in [-0.39, 0.29) is 5.91 Å². The molecule has 0 unspecified atom stereocenters. The van der Waals surface area contributed by atoms with Crippen LogP contribution >= 0.6 is 0 Å². The fourth-order valence-electron chi connectivity index (χ4n) is 3.19. The van der Waals surface area contributed by atoms with Gasteiger partial charge in [0.15, 0.2) is 0 Å². The molecule has 27 heavy (non-hydrogen) atoms. The van der Waals surface area contributed by atoms with Crippen LogP contribution in [0.2, 0.25) is 0 Å². The molecule has 0 spiro atoms. The molecule has 5 heteroatoms. The minimum absolute atomic E-state index is 0.0892. The third-order valence-electron chi connectivity index (χ3n) is 4.49. The number of para-hydroxylation sites is 1. The van der Waals surface area contributed by atoms with Gasteiger partial charge in [-0.1, -0.05) is 49.4 Å². The van der Waals surface area contributed by atoms with Gasteiger partial charge in [-0.15, -0.1) is 0 Å². The second-order valence-electron chi connectivity index (χ2n) is 6.80. The van der Waals surface area contributed by atoms with E-state index in [4.69, 9.17) is 0 Å². The van der Waals surface area contributed by atoms with E-state index in [9.17, 15) is 4.79 Å². The van der Waals surface area contributed by atoms with Crippen LogP contribution in [0, 0.1) is 0 Å². The SMILES string of the molecule is CCc1c(C(=O)NCc2ccccc2CN(C)C)cnn1-c1ccccc1. The van der Waals surface area contributed by atoms with Gasteiger partial charge in [0.1, 0.15) is 0 Å². The topological polar surface area (TPSA) is 50.2 Å². The van der Waals surface area contributed by atoms with Crippen molar-refractivity contribution in [3.8, 4) is 5.69 Å². The Balaban J connectivity index is 1.77. The van der Waals surface area contributed by atoms with Crippen molar-refractivity contribution in [1.29, 1.82) is 0 Å². The molecule has 1 amide bonds. The van der Waals surface area contributed by atoms with Crippen LogP contribution in [0.1, 0.15) is 34.1 Å². The number of carbonyl (C=O) groups is 1. The molecule has 1 N–H and O–H groups in total. The van der Waals surface area contributed by atoms with E-state index < -0.39 is 0 Å². The number of nitrogens with one attached hydrogen (secondary N) is 1. The molecule has 140 valence electrons. The van der Waals surface area contributed by atoms with Crippen molar-refractivity contribution in [2.24, 2.45) is 0 Å². The maximum Gasteiger partial charge on any atom is 0.255 e. The van der Waals surface area contributed by atoms with Gasteiger partial charge in [-0.3, -0.25) is 4.79 Å². The van der Waals surface area contributed by atoms with Crippen LogP contribution in [0.3, 0.4) is 0 Å². The molecule has 0 aliphatic carbocycles. The molecule has 3 rings (SSSR count). The molecule has 1 heterocycles. The second kappa shape index (κ2) is 8.64. The Morgan fingerprint density at radius 2 is 1.70 bits per heavy atom. The van der Waals surface area contributed by atoms with Crippen LogP contribution in [0.4, 0.5) is 0 Å². The van der Waals surface area contributed by atoms with Crippen LogP contribution < -0.4 is 5.32 Å². The third-order valence-corrected chi connectivity index (χ3v) is 4.49. The summed E-state index contributed by atoms with van der Waals surface area (Å²) in [6.07, 6.45) is 2.39. The highest BCUT2D eigenvalue weighted by molar-refractivity contribution is 5.95. The van der Waals surface area contributed by atoms with E-state index in [1.54, 1.807) is 6.20 Å². The molecule has 0 radical (unpaired) electrons. The number of rotatable bonds is 7. The number of hydrogen-bond acceptors (Lipinski definition) is 3. The van der Waals surface area contributed by atoms with E-state index in [1.165, 1.54) is 5.56 Å². The van der Waals surface area contributed by atoms with Crippen molar-refractivity contribution in [1.82, 2.24) is 20.0 Å². The van der Waals surface area contributed by atoms with Crippen molar-refractivity contribution in [3.05, 3.63) is 83.2 Å². The Hall–Kier alpha value is -2.92. The van der Waals surface area contributed by atoms with E-state index in [0.29, 0.717) is 12.1 Å². The van der Waals surface area contributed by atoms with Gasteiger partial charge in [-0.2, -0.15) is 5.10 Å². The average Bonchev–Trinajstić information content (AvgIpc) is 3.11. The van der Waals surface area contributed by atoms with E-state index in [1.807, 2.05) is 68.2 Å². The summed E-state index contributed by atoms with van der Waals surface area (Å²) in [4.78, 5) is 14.9. The fraction of sp³-hybridized carbons (Fsp3) is 0.273. The second-order valence-corrected chi connectivity index (χ2v) is 6.80. The van der Waals surface area contributed by atoms with Gasteiger partial charge in [0.2, 0.25) is 0 Å². The van der Waals surface area contributed by atoms with Gasteiger partial charge in [0.25, 0.3) is 5.91 Å². The van der Waals surface area contributed by atoms with Gasteiger partial charge in [-0.25, -0.2) is 4.68 Å². The van der Waals surface area contributed by atoms with Crippen molar-refractivity contribution < 1.29 is 4.79 Å². The van der Waals surface area contributed by atoms with Crippen molar-refractivity contribution in [2.45, 2.75) is 26.4 Å². The average molecular weight is 362 g/mol. The van der Waals surface area contributed by atoms with Gasteiger partial charge in [0.05, 0.1) is 23.1 Å². The molecular formula is C22H26N4O. The lowest BCUT2D eigenvalue weighted by atomic mass is 10.1. The van der Waals surface area contributed by atoms with Crippen molar-refractivity contribution in [2.75, 3.05) is 14.1 Å². The molecule has 0 saturated heterocycles. The molecule has 0 aliphatic rings. The number of hydrogen-bond donors (Lipinski definition) is 1. The Morgan fingerprint density at radius 1 is 1.04 bits per heavy atom. The van der Waals surface area contributed by atoms with Crippen molar-refractivity contribution in [3.63, 3.8) is 0 Å². The minimum Gasteiger partial charge on any atom is -0.348 e. The van der Waals surface area contributed by atoms with Gasteiger partial charge >= 0.3 is 0 Å². The molecule has 0 fully saturated rings. The standard InChI is InChI=1S/C22H26N4O/c1-4-21-20(15-24-26(21)19-12-6-5-7-13-19)22(27)23-14-17-10-8-9-11-18(17)16-25(2)3/h5-13,15H,4,14,16H2,1-3H3,(H,23,27). The minimum atomic E-state index is -0.0892. The van der Waals surface area contributed by atoms with Crippen LogP contribution in [0.15, 0.2) is 60.8 Å². The summed E-state index contributed by atoms with van der Waals surface area (Å²) in [7, 11) is 4.09. The molecule has 1 aromatic heterocycles. The van der Waals surface area contributed by atoms with Crippen LogP contribution in [0.25, 0.3) is 5.69 Å². The lowest BCUT2D eigenvalue weighted by molar-refractivity contribution is 0.0950. The van der Waals surface area contributed by atoms with Gasteiger partial charge in [0, 0.05) is 13.1 Å². The van der Waals surface area contributed by atoms with E-state index in [0.717, 1.165) is 29.9 Å². The predicted molar refractivity (Wildman–Crippen MR) is 108 cm³/mol. The Morgan fingerprint density at radius 3 is 2.37 bits per heavy atom. The molecule has 0 saturated carbocycles. The summed E-state index contributed by atoms with van der Waals surface area (Å²) >= 11 is 0. The summed E-state index contributed by atoms with van der Waals surface area (Å²) in [5.41, 5.74) is 4.86. The highest BCUT2D eigenvalue weighted by Gasteiger charge is 2.17. The fourth-order valence-corrected chi connectivity index (χ4v) is 3.19. The number of benzene rings is 2. The first-order chi connectivity index (χ1) is 13.1. The van der Waals surface area contributed by atoms with E-state index >= 15 is 0 Å². The molecule has 3 aromatic rings. The highest BCUT2D eigenvalue weighted by Crippen LogP contribution is 2.16. The van der Waals surface area contributed by atoms with Gasteiger partial charge in [-0.05, 0) is 43.8 Å². The third kappa shape index (κ3) is 4.44. The molecule has 0 aliphatic heterocycles. The number of nitrogens with zero attached hydrogens (tertiary/aromatic N) is 3. The zero-order valence-electron chi connectivity index (χ0n) is 16.1. The Kier molecular flexibility index (Phi) is 6.04. The normalized spacial score (nSPS) is 11.0. The highest BCUT2D eigenvalue weighted by atomic mass is 16.1. The molecular weight excluding hydrogens is 336 g/mol. The van der Waals surface area contributed by atoms with Crippen LogP contribution in [0.5, 0.6) is 0 Å². The molecule has 2 aromatic carbocycles. The summed E-state index contributed by atoms with van der Waals surface area (Å²) < 4.78 is 1.84. The lowest BCUT2D eigenvalue weighted by Crippen LogP contribution is -2.25. The first kappa shape index (κ1) is 18.9. The maximum absolute atomic E-state index is 12.8. The summed E-state index contributed by atoms with van der Waals surface area (Å²) in [5.74, 6) is -0.0892. The van der Waals surface area contributed by atoms with E-state index in [2.05, 4.69) is 27.4 Å². The quantitative estimate of drug-likeness (QED) is 0.701. The largest absolute Gasteiger partial charge is 0.348 e. The van der Waals surface area contributed by atoms with Gasteiger partial charge < -0.3 is 10.2 Å². The predicted octanol–water partition coefficient (Wildman–Crippen LogP) is 3.43. The first-order valence-electron chi connectivity index (χ1n) is 9.22. The molecule has 5 nitrogen and oxygen atoms in total. The smallest absolute Gasteiger partial charge is 0.255 e. The number of amides is 1. The Labute approximate surface area is 160 Å². The summed E-state index contributed by atoms with van der Waals surface area (Å²) in [5, 5.41) is 7.50. The number of carbonyl (C=O) groups excluding carboxylic acids is 1. The number of aromatic nitrogens is 2. The molecule has 0 bridgehead atoms. The Bertz CT molecular complexity index is 900. The first-order valence-corrected chi connectivity index (χ1v) is 9.22. The summed E-state index contributed by atoms with van der Waals surface area (Å²) in [6.45, 7) is 3.39. The van der Waals surface area contributed by atoms with Crippen LogP contribution in [-0.4, -0.2) is 34.7 Å². The van der Waals surface area contributed by atoms with Crippen molar-refractivity contribution >= 4 is 5.91 Å². The zero-order chi connectivity index (χ0) is 19.2. The summed E-state index contributed by atoms with van der Waals surface area (Å²) in [6, 6.07) is 18.1. The zero-order valence-corrected chi connectivity index (χ0v) is 16.1. The monoisotopic (exact) mass is 362 g/mol.